The molecule has 1 N–H and O–H groups in total. The molecule has 1 atom stereocenters. The quantitative estimate of drug-likeness (QED) is 0.509. The minimum Gasteiger partial charge on any atom is -0.349 e. The van der Waals surface area contributed by atoms with Crippen LogP contribution in [0, 0.1) is 10.1 Å². The molecule has 1 aliphatic carbocycles. The van der Waals surface area contributed by atoms with Crippen molar-refractivity contribution in [1.29, 1.82) is 0 Å². The van der Waals surface area contributed by atoms with Gasteiger partial charge in [0.2, 0.25) is 15.9 Å². The molecular weight excluding hydrogens is 406 g/mol. The molecule has 2 aromatic carbocycles. The largest absolute Gasteiger partial charge is 0.349 e. The van der Waals surface area contributed by atoms with Crippen molar-refractivity contribution in [3.63, 3.8) is 0 Å². The van der Waals surface area contributed by atoms with Crippen LogP contribution in [0.25, 0.3) is 0 Å². The van der Waals surface area contributed by atoms with Crippen molar-refractivity contribution in [2.45, 2.75) is 38.1 Å². The summed E-state index contributed by atoms with van der Waals surface area (Å²) in [6.07, 6.45) is 4.41. The van der Waals surface area contributed by atoms with Crippen LogP contribution in [0.1, 0.15) is 42.9 Å². The Labute approximate surface area is 176 Å². The molecule has 0 aromatic heterocycles. The average Bonchev–Trinajstić information content (AvgIpc) is 2.70. The molecule has 1 aliphatic rings. The first-order valence-corrected chi connectivity index (χ1v) is 11.7. The van der Waals surface area contributed by atoms with Gasteiger partial charge in [0.05, 0.1) is 22.9 Å². The van der Waals surface area contributed by atoms with Crippen molar-refractivity contribution in [1.82, 2.24) is 5.32 Å². The highest BCUT2D eigenvalue weighted by Crippen LogP contribution is 2.29. The summed E-state index contributed by atoms with van der Waals surface area (Å²) < 4.78 is 25.5. The summed E-state index contributed by atoms with van der Waals surface area (Å²) in [4.78, 5) is 22.9. The summed E-state index contributed by atoms with van der Waals surface area (Å²) in [5, 5.41) is 14.0. The van der Waals surface area contributed by atoms with Gasteiger partial charge in [0.15, 0.2) is 0 Å². The van der Waals surface area contributed by atoms with Crippen LogP contribution < -0.4 is 9.62 Å². The third kappa shape index (κ3) is 5.35. The fourth-order valence-electron chi connectivity index (χ4n) is 3.80. The van der Waals surface area contributed by atoms with Gasteiger partial charge in [0.25, 0.3) is 5.69 Å². The zero-order valence-corrected chi connectivity index (χ0v) is 17.6. The molecule has 0 saturated carbocycles. The molecule has 160 valence electrons. The number of carbonyl (C=O) groups is 1. The number of non-ortho nitro benzene ring substituents is 1. The van der Waals surface area contributed by atoms with Crippen LogP contribution in [0.15, 0.2) is 48.5 Å². The van der Waals surface area contributed by atoms with Gasteiger partial charge in [-0.05, 0) is 42.9 Å². The number of hydrogen-bond acceptors (Lipinski definition) is 5. The van der Waals surface area contributed by atoms with Crippen LogP contribution >= 0.6 is 0 Å². The first kappa shape index (κ1) is 21.8. The Morgan fingerprint density at radius 3 is 2.73 bits per heavy atom. The summed E-state index contributed by atoms with van der Waals surface area (Å²) >= 11 is 0. The van der Waals surface area contributed by atoms with E-state index in [0.29, 0.717) is 6.42 Å². The molecule has 8 nitrogen and oxygen atoms in total. The summed E-state index contributed by atoms with van der Waals surface area (Å²) in [7, 11) is -3.65. The molecule has 0 fully saturated rings. The lowest BCUT2D eigenvalue weighted by atomic mass is 9.87. The van der Waals surface area contributed by atoms with E-state index in [2.05, 4.69) is 11.4 Å². The first-order chi connectivity index (χ1) is 14.3. The van der Waals surface area contributed by atoms with Crippen molar-refractivity contribution >= 4 is 27.3 Å². The predicted octanol–water partition coefficient (Wildman–Crippen LogP) is 3.33. The Hall–Kier alpha value is -2.94. The molecular formula is C21H25N3O5S. The number of nitrogens with one attached hydrogen (secondary N) is 1. The molecule has 0 bridgehead atoms. The van der Waals surface area contributed by atoms with Gasteiger partial charge in [-0.25, -0.2) is 8.42 Å². The zero-order valence-electron chi connectivity index (χ0n) is 16.8. The third-order valence-corrected chi connectivity index (χ3v) is 6.39. The maximum Gasteiger partial charge on any atom is 0.271 e. The van der Waals surface area contributed by atoms with Gasteiger partial charge >= 0.3 is 0 Å². The maximum atomic E-state index is 12.5. The molecule has 3 rings (SSSR count). The highest BCUT2D eigenvalue weighted by atomic mass is 32.2. The number of aryl methyl sites for hydroxylation is 1. The highest BCUT2D eigenvalue weighted by molar-refractivity contribution is 7.92. The van der Waals surface area contributed by atoms with Crippen LogP contribution in [-0.4, -0.2) is 32.0 Å². The Bertz CT molecular complexity index is 1040. The van der Waals surface area contributed by atoms with E-state index in [4.69, 9.17) is 0 Å². The van der Waals surface area contributed by atoms with E-state index < -0.39 is 14.9 Å². The van der Waals surface area contributed by atoms with Gasteiger partial charge < -0.3 is 5.32 Å². The Morgan fingerprint density at radius 2 is 2.00 bits per heavy atom. The predicted molar refractivity (Wildman–Crippen MR) is 115 cm³/mol. The average molecular weight is 432 g/mol. The number of hydrogen-bond donors (Lipinski definition) is 1. The molecule has 0 radical (unpaired) electrons. The van der Waals surface area contributed by atoms with Crippen LogP contribution in [0.5, 0.6) is 0 Å². The molecule has 1 amide bonds. The van der Waals surface area contributed by atoms with Crippen LogP contribution in [-0.2, 0) is 21.2 Å². The zero-order chi connectivity index (χ0) is 21.7. The van der Waals surface area contributed by atoms with Crippen molar-refractivity contribution < 1.29 is 18.1 Å². The lowest BCUT2D eigenvalue weighted by Gasteiger charge is -2.26. The Balaban J connectivity index is 1.61. The van der Waals surface area contributed by atoms with Crippen LogP contribution in [0.3, 0.4) is 0 Å². The van der Waals surface area contributed by atoms with E-state index in [0.717, 1.165) is 35.4 Å². The van der Waals surface area contributed by atoms with E-state index >= 15 is 0 Å². The van der Waals surface area contributed by atoms with Gasteiger partial charge in [-0.1, -0.05) is 30.3 Å². The van der Waals surface area contributed by atoms with E-state index in [-0.39, 0.29) is 36.3 Å². The van der Waals surface area contributed by atoms with Crippen molar-refractivity contribution in [3.8, 4) is 0 Å². The number of nitrogens with zero attached hydrogens (tertiary/aromatic N) is 2. The monoisotopic (exact) mass is 431 g/mol. The number of nitro benzene ring substituents is 1. The smallest absolute Gasteiger partial charge is 0.271 e. The maximum absolute atomic E-state index is 12.5. The molecule has 0 spiro atoms. The van der Waals surface area contributed by atoms with Crippen molar-refractivity contribution in [2.75, 3.05) is 17.1 Å². The molecule has 0 heterocycles. The summed E-state index contributed by atoms with van der Waals surface area (Å²) in [6.45, 7) is 0.0642. The van der Waals surface area contributed by atoms with Crippen molar-refractivity contribution in [3.05, 3.63) is 69.8 Å². The fourth-order valence-corrected chi connectivity index (χ4v) is 4.76. The van der Waals surface area contributed by atoms with Gasteiger partial charge in [-0.2, -0.15) is 0 Å². The number of benzene rings is 2. The Morgan fingerprint density at radius 1 is 1.23 bits per heavy atom. The first-order valence-electron chi connectivity index (χ1n) is 9.85. The topological polar surface area (TPSA) is 110 Å². The van der Waals surface area contributed by atoms with E-state index in [1.54, 1.807) is 0 Å². The second-order valence-electron chi connectivity index (χ2n) is 7.43. The molecule has 0 aliphatic heterocycles. The fraction of sp³-hybridized carbons (Fsp3) is 0.381. The summed E-state index contributed by atoms with van der Waals surface area (Å²) in [5.74, 6) is -0.135. The number of rotatable bonds is 8. The number of anilines is 1. The second kappa shape index (κ2) is 9.25. The summed E-state index contributed by atoms with van der Waals surface area (Å²) in [5.41, 5.74) is 2.43. The normalized spacial score (nSPS) is 15.8. The van der Waals surface area contributed by atoms with Crippen LogP contribution in [0.2, 0.25) is 0 Å². The van der Waals surface area contributed by atoms with Gasteiger partial charge in [0.1, 0.15) is 0 Å². The standard InChI is InChI=1S/C21H25N3O5S/c1-30(28,29)23(17-9-5-10-18(15-17)24(26)27)14-6-13-21(25)22-20-12-4-8-16-7-2-3-11-19(16)20/h2-3,5,7,9-11,15,20H,4,6,8,12-14H2,1H3,(H,22,25). The number of fused-ring (bicyclic) bond motifs is 1. The number of nitro groups is 1. The van der Waals surface area contributed by atoms with Crippen LogP contribution in [0.4, 0.5) is 11.4 Å². The lowest BCUT2D eigenvalue weighted by Crippen LogP contribution is -2.33. The Kier molecular flexibility index (Phi) is 6.71. The van der Waals surface area contributed by atoms with Crippen molar-refractivity contribution in [2.24, 2.45) is 0 Å². The summed E-state index contributed by atoms with van der Waals surface area (Å²) in [6, 6.07) is 13.5. The lowest BCUT2D eigenvalue weighted by molar-refractivity contribution is -0.384. The van der Waals surface area contributed by atoms with Gasteiger partial charge in [-0.15, -0.1) is 0 Å². The number of carbonyl (C=O) groups excluding carboxylic acids is 1. The minimum atomic E-state index is -3.65. The van der Waals surface area contributed by atoms with Gasteiger partial charge in [0, 0.05) is 25.1 Å². The van der Waals surface area contributed by atoms with E-state index in [1.165, 1.54) is 29.8 Å². The minimum absolute atomic E-state index is 0.0229. The molecule has 9 heteroatoms. The number of amides is 1. The number of sulfonamides is 1. The van der Waals surface area contributed by atoms with E-state index in [1.807, 2.05) is 18.2 Å². The SMILES string of the molecule is CS(=O)(=O)N(CCCC(=O)NC1CCCc2ccccc21)c1cccc([N+](=O)[O-])c1. The molecule has 30 heavy (non-hydrogen) atoms. The third-order valence-electron chi connectivity index (χ3n) is 5.20. The van der Waals surface area contributed by atoms with E-state index in [9.17, 15) is 23.3 Å². The highest BCUT2D eigenvalue weighted by Gasteiger charge is 2.23. The molecule has 0 saturated heterocycles. The molecule has 2 aromatic rings. The molecule has 1 unspecified atom stereocenters. The van der Waals surface area contributed by atoms with Gasteiger partial charge in [-0.3, -0.25) is 19.2 Å². The second-order valence-corrected chi connectivity index (χ2v) is 9.33.